The lowest BCUT2D eigenvalue weighted by molar-refractivity contribution is 0.0607. The molecular formula is C26H34ClN7O3S. The third-order valence-corrected chi connectivity index (χ3v) is 8.10. The lowest BCUT2D eigenvalue weighted by Crippen LogP contribution is -2.55. The first-order chi connectivity index (χ1) is 18.0. The Balaban J connectivity index is 1.49. The highest BCUT2D eigenvalue weighted by Gasteiger charge is 2.33. The SMILES string of the molecule is Cc1cn2nc(C3CCCCN3C(=O)c3cc(Cl)ccc3NS(C)(=O)=O)cc2nc1N1CC(C)NCC1C. The predicted octanol–water partition coefficient (Wildman–Crippen LogP) is 3.62. The Labute approximate surface area is 228 Å². The van der Waals surface area contributed by atoms with E-state index in [0.29, 0.717) is 23.7 Å². The van der Waals surface area contributed by atoms with Crippen molar-refractivity contribution in [2.45, 2.75) is 58.2 Å². The summed E-state index contributed by atoms with van der Waals surface area (Å²) in [5.41, 5.74) is 2.97. The molecule has 2 saturated heterocycles. The molecule has 3 unspecified atom stereocenters. The standard InChI is InChI=1S/C26H34ClN7O3S/c1-16-14-34-24(29-25(16)33-15-17(2)28-13-18(33)3)12-22(30-34)23-7-5-6-10-32(23)26(35)20-11-19(27)8-9-21(20)31-38(4,36)37/h8-9,11-12,14,17-18,23,28,31H,5-7,10,13,15H2,1-4H3. The van der Waals surface area contributed by atoms with E-state index in [1.807, 2.05) is 12.3 Å². The zero-order valence-electron chi connectivity index (χ0n) is 22.1. The molecule has 1 amide bonds. The number of rotatable bonds is 5. The number of hydrogen-bond acceptors (Lipinski definition) is 7. The molecule has 12 heteroatoms. The van der Waals surface area contributed by atoms with Crippen LogP contribution in [-0.2, 0) is 10.0 Å². The maximum absolute atomic E-state index is 13.8. The highest BCUT2D eigenvalue weighted by atomic mass is 35.5. The lowest BCUT2D eigenvalue weighted by atomic mass is 9.98. The van der Waals surface area contributed by atoms with Crippen LogP contribution in [0.1, 0.15) is 60.8 Å². The van der Waals surface area contributed by atoms with E-state index in [0.717, 1.165) is 61.3 Å². The fourth-order valence-electron chi connectivity index (χ4n) is 5.41. The average Bonchev–Trinajstić information content (AvgIpc) is 3.27. The molecule has 2 N–H and O–H groups in total. The summed E-state index contributed by atoms with van der Waals surface area (Å²) in [7, 11) is -3.58. The van der Waals surface area contributed by atoms with Gasteiger partial charge in [0.25, 0.3) is 5.91 Å². The van der Waals surface area contributed by atoms with Gasteiger partial charge in [-0.15, -0.1) is 0 Å². The van der Waals surface area contributed by atoms with Crippen LogP contribution in [0.5, 0.6) is 0 Å². The van der Waals surface area contributed by atoms with Crippen molar-refractivity contribution in [2.75, 3.05) is 35.5 Å². The molecule has 2 aromatic heterocycles. The van der Waals surface area contributed by atoms with Crippen LogP contribution in [0.25, 0.3) is 5.65 Å². The Morgan fingerprint density at radius 1 is 1.21 bits per heavy atom. The van der Waals surface area contributed by atoms with Gasteiger partial charge in [-0.2, -0.15) is 5.10 Å². The summed E-state index contributed by atoms with van der Waals surface area (Å²) in [6.07, 6.45) is 5.62. The fraction of sp³-hybridized carbons (Fsp3) is 0.500. The number of aryl methyl sites for hydroxylation is 1. The van der Waals surface area contributed by atoms with Gasteiger partial charge in [0.15, 0.2) is 5.65 Å². The van der Waals surface area contributed by atoms with Crippen molar-refractivity contribution >= 4 is 44.7 Å². The van der Waals surface area contributed by atoms with Gasteiger partial charge in [0.05, 0.1) is 29.2 Å². The molecule has 0 aliphatic carbocycles. The van der Waals surface area contributed by atoms with Gasteiger partial charge in [0.2, 0.25) is 10.0 Å². The smallest absolute Gasteiger partial charge is 0.256 e. The number of anilines is 2. The number of sulfonamides is 1. The molecule has 0 radical (unpaired) electrons. The number of hydrogen-bond donors (Lipinski definition) is 2. The number of carbonyl (C=O) groups is 1. The molecular weight excluding hydrogens is 526 g/mol. The van der Waals surface area contributed by atoms with Gasteiger partial charge in [-0.1, -0.05) is 11.6 Å². The molecule has 3 atom stereocenters. The largest absolute Gasteiger partial charge is 0.351 e. The van der Waals surface area contributed by atoms with E-state index in [4.69, 9.17) is 21.7 Å². The quantitative estimate of drug-likeness (QED) is 0.491. The molecule has 10 nitrogen and oxygen atoms in total. The summed E-state index contributed by atoms with van der Waals surface area (Å²) < 4.78 is 28.1. The topological polar surface area (TPSA) is 112 Å². The number of piperazine rings is 1. The van der Waals surface area contributed by atoms with E-state index < -0.39 is 10.0 Å². The summed E-state index contributed by atoms with van der Waals surface area (Å²) >= 11 is 6.21. The van der Waals surface area contributed by atoms with Crippen LogP contribution in [0, 0.1) is 6.92 Å². The van der Waals surface area contributed by atoms with Crippen molar-refractivity contribution in [2.24, 2.45) is 0 Å². The Hall–Kier alpha value is -2.89. The Morgan fingerprint density at radius 3 is 2.76 bits per heavy atom. The van der Waals surface area contributed by atoms with Crippen LogP contribution in [-0.4, -0.2) is 71.8 Å². The molecule has 1 aromatic carbocycles. The van der Waals surface area contributed by atoms with E-state index in [2.05, 4.69) is 35.7 Å². The van der Waals surface area contributed by atoms with Crippen LogP contribution in [0.4, 0.5) is 11.5 Å². The van der Waals surface area contributed by atoms with Crippen LogP contribution >= 0.6 is 11.6 Å². The van der Waals surface area contributed by atoms with Gasteiger partial charge in [0.1, 0.15) is 5.82 Å². The first-order valence-corrected chi connectivity index (χ1v) is 15.2. The number of aromatic nitrogens is 3. The number of amides is 1. The second-order valence-electron chi connectivity index (χ2n) is 10.5. The third-order valence-electron chi connectivity index (χ3n) is 7.27. The Morgan fingerprint density at radius 2 is 2.00 bits per heavy atom. The molecule has 0 spiro atoms. The number of benzene rings is 1. The molecule has 204 valence electrons. The number of nitrogens with zero attached hydrogens (tertiary/aromatic N) is 5. The van der Waals surface area contributed by atoms with Gasteiger partial charge in [-0.3, -0.25) is 9.52 Å². The van der Waals surface area contributed by atoms with E-state index in [9.17, 15) is 13.2 Å². The summed E-state index contributed by atoms with van der Waals surface area (Å²) in [6, 6.07) is 6.99. The number of piperidine rings is 1. The van der Waals surface area contributed by atoms with Gasteiger partial charge in [0, 0.05) is 54.6 Å². The van der Waals surface area contributed by atoms with Gasteiger partial charge >= 0.3 is 0 Å². The molecule has 3 aromatic rings. The van der Waals surface area contributed by atoms with E-state index >= 15 is 0 Å². The highest BCUT2D eigenvalue weighted by Crippen LogP contribution is 2.34. The lowest BCUT2D eigenvalue weighted by Gasteiger charge is -2.39. The summed E-state index contributed by atoms with van der Waals surface area (Å²) in [5.74, 6) is 0.672. The summed E-state index contributed by atoms with van der Waals surface area (Å²) in [6.45, 7) is 8.73. The first-order valence-electron chi connectivity index (χ1n) is 13.0. The average molecular weight is 560 g/mol. The fourth-order valence-corrected chi connectivity index (χ4v) is 6.16. The van der Waals surface area contributed by atoms with E-state index in [1.165, 1.54) is 12.1 Å². The van der Waals surface area contributed by atoms with Crippen molar-refractivity contribution in [3.63, 3.8) is 0 Å². The van der Waals surface area contributed by atoms with E-state index in [1.54, 1.807) is 15.5 Å². The summed E-state index contributed by atoms with van der Waals surface area (Å²) in [5, 5.41) is 8.71. The van der Waals surface area contributed by atoms with Crippen molar-refractivity contribution in [3.8, 4) is 0 Å². The minimum atomic E-state index is -3.58. The molecule has 4 heterocycles. The van der Waals surface area contributed by atoms with Crippen molar-refractivity contribution < 1.29 is 13.2 Å². The summed E-state index contributed by atoms with van der Waals surface area (Å²) in [4.78, 5) is 22.9. The van der Waals surface area contributed by atoms with Crippen molar-refractivity contribution in [1.82, 2.24) is 24.8 Å². The molecule has 0 saturated carbocycles. The molecule has 2 aliphatic rings. The van der Waals surface area contributed by atoms with Gasteiger partial charge in [-0.25, -0.2) is 17.9 Å². The number of halogens is 1. The predicted molar refractivity (Wildman–Crippen MR) is 150 cm³/mol. The monoisotopic (exact) mass is 559 g/mol. The van der Waals surface area contributed by atoms with Crippen molar-refractivity contribution in [3.05, 3.63) is 52.3 Å². The van der Waals surface area contributed by atoms with Crippen LogP contribution in [0.2, 0.25) is 5.02 Å². The zero-order valence-corrected chi connectivity index (χ0v) is 23.7. The minimum absolute atomic E-state index is 0.211. The van der Waals surface area contributed by atoms with Crippen LogP contribution < -0.4 is 14.9 Å². The number of carbonyl (C=O) groups excluding carboxylic acids is 1. The van der Waals surface area contributed by atoms with Crippen LogP contribution in [0.3, 0.4) is 0 Å². The molecule has 38 heavy (non-hydrogen) atoms. The second kappa shape index (κ2) is 10.3. The number of nitrogens with one attached hydrogen (secondary N) is 2. The molecule has 2 aliphatic heterocycles. The van der Waals surface area contributed by atoms with Gasteiger partial charge < -0.3 is 15.1 Å². The first kappa shape index (κ1) is 26.7. The molecule has 2 fully saturated rings. The van der Waals surface area contributed by atoms with Crippen LogP contribution in [0.15, 0.2) is 30.5 Å². The van der Waals surface area contributed by atoms with Gasteiger partial charge in [-0.05, 0) is 58.2 Å². The Bertz CT molecular complexity index is 1470. The number of likely N-dealkylation sites (tertiary alicyclic amines) is 1. The van der Waals surface area contributed by atoms with E-state index in [-0.39, 0.29) is 23.2 Å². The third kappa shape index (κ3) is 5.45. The molecule has 0 bridgehead atoms. The number of fused-ring (bicyclic) bond motifs is 1. The maximum Gasteiger partial charge on any atom is 0.256 e. The van der Waals surface area contributed by atoms with Crippen molar-refractivity contribution in [1.29, 1.82) is 0 Å². The normalized spacial score (nSPS) is 22.6. The zero-order chi connectivity index (χ0) is 27.2. The maximum atomic E-state index is 13.8. The molecule has 5 rings (SSSR count). The minimum Gasteiger partial charge on any atom is -0.351 e. The second-order valence-corrected chi connectivity index (χ2v) is 12.7. The Kier molecular flexibility index (Phi) is 7.27. The highest BCUT2D eigenvalue weighted by molar-refractivity contribution is 7.92.